The third kappa shape index (κ3) is 5.78. The Hall–Kier alpha value is -3.48. The minimum absolute atomic E-state index is 0.0977. The Morgan fingerprint density at radius 1 is 0.935 bits per heavy atom. The Labute approximate surface area is 181 Å². The van der Waals surface area contributed by atoms with Gasteiger partial charge in [0.25, 0.3) is 11.8 Å². The van der Waals surface area contributed by atoms with Gasteiger partial charge in [0.05, 0.1) is 6.54 Å². The van der Waals surface area contributed by atoms with E-state index in [2.05, 4.69) is 10.6 Å². The van der Waals surface area contributed by atoms with Crippen LogP contribution in [0.3, 0.4) is 0 Å². The fraction of sp³-hybridized carbons (Fsp3) is 0.333. The standard InChI is InChI=1S/C24H27N3O4/c1-3-16(2)26-24(31)20-6-4-5-18(13-20)14-25-23(30)19-9-7-17(8-10-19)15-27-21(28)11-12-22(27)29/h4-10,13,16H,3,11-12,14-15H2,1-2H3,(H,25,30)(H,26,31)/t16-/m1/s1. The molecule has 0 radical (unpaired) electrons. The second kappa shape index (κ2) is 10.0. The van der Waals surface area contributed by atoms with E-state index in [0.29, 0.717) is 17.7 Å². The molecule has 2 aromatic carbocycles. The van der Waals surface area contributed by atoms with Gasteiger partial charge in [-0.05, 0) is 48.7 Å². The number of hydrogen-bond acceptors (Lipinski definition) is 4. The van der Waals surface area contributed by atoms with Crippen LogP contribution in [0.2, 0.25) is 0 Å². The van der Waals surface area contributed by atoms with Crippen LogP contribution in [0.5, 0.6) is 0 Å². The summed E-state index contributed by atoms with van der Waals surface area (Å²) in [5.41, 5.74) is 2.66. The SMILES string of the molecule is CC[C@@H](C)NC(=O)c1cccc(CNC(=O)c2ccc(CN3C(=O)CCC3=O)cc2)c1. The van der Waals surface area contributed by atoms with Crippen molar-refractivity contribution in [3.8, 4) is 0 Å². The molecule has 4 amide bonds. The lowest BCUT2D eigenvalue weighted by Crippen LogP contribution is -2.32. The number of likely N-dealkylation sites (tertiary alicyclic amines) is 1. The van der Waals surface area contributed by atoms with Crippen molar-refractivity contribution < 1.29 is 19.2 Å². The third-order valence-corrected chi connectivity index (χ3v) is 5.34. The maximum atomic E-state index is 12.5. The van der Waals surface area contributed by atoms with Gasteiger partial charge in [-0.3, -0.25) is 24.1 Å². The first-order valence-corrected chi connectivity index (χ1v) is 10.5. The van der Waals surface area contributed by atoms with Crippen LogP contribution in [0, 0.1) is 0 Å². The van der Waals surface area contributed by atoms with Gasteiger partial charge in [0, 0.05) is 36.6 Å². The molecule has 31 heavy (non-hydrogen) atoms. The van der Waals surface area contributed by atoms with Crippen molar-refractivity contribution in [2.24, 2.45) is 0 Å². The lowest BCUT2D eigenvalue weighted by atomic mass is 10.1. The quantitative estimate of drug-likeness (QED) is 0.641. The monoisotopic (exact) mass is 421 g/mol. The molecule has 1 aliphatic heterocycles. The number of amides is 4. The van der Waals surface area contributed by atoms with Crippen LogP contribution in [-0.4, -0.2) is 34.6 Å². The molecule has 1 saturated heterocycles. The summed E-state index contributed by atoms with van der Waals surface area (Å²) in [6.45, 7) is 4.48. The summed E-state index contributed by atoms with van der Waals surface area (Å²) in [6, 6.07) is 14.1. The first-order chi connectivity index (χ1) is 14.9. The number of nitrogens with zero attached hydrogens (tertiary/aromatic N) is 1. The van der Waals surface area contributed by atoms with E-state index in [-0.39, 0.29) is 49.1 Å². The molecule has 2 aromatic rings. The van der Waals surface area contributed by atoms with Crippen molar-refractivity contribution >= 4 is 23.6 Å². The molecule has 1 fully saturated rings. The Morgan fingerprint density at radius 2 is 1.61 bits per heavy atom. The maximum Gasteiger partial charge on any atom is 0.251 e. The van der Waals surface area contributed by atoms with Gasteiger partial charge in [-0.2, -0.15) is 0 Å². The predicted octanol–water partition coefficient (Wildman–Crippen LogP) is 2.79. The normalized spacial score (nSPS) is 14.5. The molecular weight excluding hydrogens is 394 g/mol. The highest BCUT2D eigenvalue weighted by Gasteiger charge is 2.28. The lowest BCUT2D eigenvalue weighted by Gasteiger charge is -2.14. The highest BCUT2D eigenvalue weighted by atomic mass is 16.2. The van der Waals surface area contributed by atoms with Crippen molar-refractivity contribution in [2.75, 3.05) is 0 Å². The summed E-state index contributed by atoms with van der Waals surface area (Å²) in [4.78, 5) is 49.5. The van der Waals surface area contributed by atoms with Gasteiger partial charge in [-0.25, -0.2) is 0 Å². The number of carbonyl (C=O) groups excluding carboxylic acids is 4. The fourth-order valence-electron chi connectivity index (χ4n) is 3.26. The van der Waals surface area contributed by atoms with Crippen molar-refractivity contribution in [1.29, 1.82) is 0 Å². The van der Waals surface area contributed by atoms with Crippen molar-refractivity contribution in [3.05, 3.63) is 70.8 Å². The summed E-state index contributed by atoms with van der Waals surface area (Å²) >= 11 is 0. The van der Waals surface area contributed by atoms with Crippen molar-refractivity contribution in [3.63, 3.8) is 0 Å². The first-order valence-electron chi connectivity index (χ1n) is 10.5. The van der Waals surface area contributed by atoms with Gasteiger partial charge in [0.15, 0.2) is 0 Å². The summed E-state index contributed by atoms with van der Waals surface area (Å²) in [6.07, 6.45) is 1.38. The van der Waals surface area contributed by atoms with Crippen LogP contribution in [0.1, 0.15) is 65.0 Å². The molecule has 1 atom stereocenters. The van der Waals surface area contributed by atoms with Crippen LogP contribution in [0.25, 0.3) is 0 Å². The number of hydrogen-bond donors (Lipinski definition) is 2. The van der Waals surface area contributed by atoms with E-state index in [1.54, 1.807) is 42.5 Å². The number of benzene rings is 2. The van der Waals surface area contributed by atoms with Gasteiger partial charge < -0.3 is 10.6 Å². The second-order valence-corrected chi connectivity index (χ2v) is 7.74. The zero-order chi connectivity index (χ0) is 22.4. The number of carbonyl (C=O) groups is 4. The van der Waals surface area contributed by atoms with Crippen LogP contribution in [-0.2, 0) is 22.7 Å². The zero-order valence-electron chi connectivity index (χ0n) is 17.8. The Kier molecular flexibility index (Phi) is 7.18. The van der Waals surface area contributed by atoms with E-state index in [4.69, 9.17) is 0 Å². The molecule has 1 heterocycles. The van der Waals surface area contributed by atoms with Crippen LogP contribution in [0.15, 0.2) is 48.5 Å². The highest BCUT2D eigenvalue weighted by Crippen LogP contribution is 2.16. The van der Waals surface area contributed by atoms with Gasteiger partial charge in [-0.1, -0.05) is 31.2 Å². The molecule has 1 aliphatic rings. The second-order valence-electron chi connectivity index (χ2n) is 7.74. The summed E-state index contributed by atoms with van der Waals surface area (Å²) in [5.74, 6) is -0.693. The highest BCUT2D eigenvalue weighted by molar-refractivity contribution is 6.01. The molecule has 0 aliphatic carbocycles. The summed E-state index contributed by atoms with van der Waals surface area (Å²) in [7, 11) is 0. The van der Waals surface area contributed by atoms with E-state index in [0.717, 1.165) is 17.5 Å². The lowest BCUT2D eigenvalue weighted by molar-refractivity contribution is -0.139. The Balaban J connectivity index is 1.56. The minimum Gasteiger partial charge on any atom is -0.350 e. The third-order valence-electron chi connectivity index (χ3n) is 5.34. The van der Waals surface area contributed by atoms with E-state index >= 15 is 0 Å². The van der Waals surface area contributed by atoms with Gasteiger partial charge >= 0.3 is 0 Å². The molecule has 7 heteroatoms. The van der Waals surface area contributed by atoms with Crippen LogP contribution < -0.4 is 10.6 Å². The predicted molar refractivity (Wildman–Crippen MR) is 116 cm³/mol. The van der Waals surface area contributed by atoms with Gasteiger partial charge in [-0.15, -0.1) is 0 Å². The van der Waals surface area contributed by atoms with Gasteiger partial charge in [0.2, 0.25) is 11.8 Å². The van der Waals surface area contributed by atoms with E-state index in [9.17, 15) is 19.2 Å². The van der Waals surface area contributed by atoms with Crippen molar-refractivity contribution in [2.45, 2.75) is 52.2 Å². The van der Waals surface area contributed by atoms with Crippen LogP contribution in [0.4, 0.5) is 0 Å². The molecule has 2 N–H and O–H groups in total. The molecule has 7 nitrogen and oxygen atoms in total. The number of nitrogens with one attached hydrogen (secondary N) is 2. The molecule has 0 spiro atoms. The van der Waals surface area contributed by atoms with Crippen molar-refractivity contribution in [1.82, 2.24) is 15.5 Å². The fourth-order valence-corrected chi connectivity index (χ4v) is 3.26. The largest absolute Gasteiger partial charge is 0.350 e. The molecular formula is C24H27N3O4. The topological polar surface area (TPSA) is 95.6 Å². The molecule has 162 valence electrons. The van der Waals surface area contributed by atoms with E-state index < -0.39 is 0 Å². The Bertz CT molecular complexity index is 969. The smallest absolute Gasteiger partial charge is 0.251 e. The van der Waals surface area contributed by atoms with Gasteiger partial charge in [0.1, 0.15) is 0 Å². The first kappa shape index (κ1) is 22.2. The Morgan fingerprint density at radius 3 is 2.26 bits per heavy atom. The summed E-state index contributed by atoms with van der Waals surface area (Å²) < 4.78 is 0. The maximum absolute atomic E-state index is 12.5. The summed E-state index contributed by atoms with van der Waals surface area (Å²) in [5, 5.41) is 5.78. The number of imide groups is 1. The number of rotatable bonds is 8. The molecule has 0 saturated carbocycles. The van der Waals surface area contributed by atoms with Crippen LogP contribution >= 0.6 is 0 Å². The van der Waals surface area contributed by atoms with E-state index in [1.165, 1.54) is 4.90 Å². The molecule has 0 bridgehead atoms. The molecule has 0 aromatic heterocycles. The molecule has 0 unspecified atom stereocenters. The van der Waals surface area contributed by atoms with E-state index in [1.807, 2.05) is 19.9 Å². The average Bonchev–Trinajstić information content (AvgIpc) is 3.10. The average molecular weight is 421 g/mol. The zero-order valence-corrected chi connectivity index (χ0v) is 17.8. The molecule has 3 rings (SSSR count). The minimum atomic E-state index is -0.241.